The van der Waals surface area contributed by atoms with Crippen LogP contribution in [0, 0.1) is 0 Å². The van der Waals surface area contributed by atoms with Crippen molar-refractivity contribution in [3.8, 4) is 0 Å². The van der Waals surface area contributed by atoms with Gasteiger partial charge in [0, 0.05) is 12.6 Å². The summed E-state index contributed by atoms with van der Waals surface area (Å²) in [7, 11) is 1.80. The van der Waals surface area contributed by atoms with E-state index < -0.39 is 0 Å². The molecule has 0 atom stereocenters. The topological polar surface area (TPSA) is 60.0 Å². The van der Waals surface area contributed by atoms with Gasteiger partial charge in [-0.1, -0.05) is 0 Å². The first-order valence-corrected chi connectivity index (χ1v) is 4.93. The van der Waals surface area contributed by atoms with E-state index in [9.17, 15) is 4.79 Å². The first-order valence-electron chi connectivity index (χ1n) is 4.93. The number of hydrogen-bond acceptors (Lipinski definition) is 4. The van der Waals surface area contributed by atoms with Crippen LogP contribution >= 0.6 is 0 Å². The van der Waals surface area contributed by atoms with Gasteiger partial charge in [-0.25, -0.2) is 10.2 Å². The van der Waals surface area contributed by atoms with Gasteiger partial charge in [0.2, 0.25) is 0 Å². The number of urea groups is 1. The molecule has 86 valence electrons. The summed E-state index contributed by atoms with van der Waals surface area (Å²) in [5.74, 6) is 0.779. The molecule has 0 aromatic heterocycles. The van der Waals surface area contributed by atoms with Crippen molar-refractivity contribution in [2.75, 3.05) is 13.7 Å². The molecule has 6 heteroatoms. The summed E-state index contributed by atoms with van der Waals surface area (Å²) < 4.78 is 0. The van der Waals surface area contributed by atoms with E-state index in [2.05, 4.69) is 15.8 Å². The highest BCUT2D eigenvalue weighted by Crippen LogP contribution is 2.07. The van der Waals surface area contributed by atoms with Crippen LogP contribution in [0.4, 0.5) is 4.79 Å². The van der Waals surface area contributed by atoms with Crippen molar-refractivity contribution < 1.29 is 4.79 Å². The largest absolute Gasteiger partial charge is 0.340 e. The van der Waals surface area contributed by atoms with Gasteiger partial charge in [0.1, 0.15) is 12.5 Å². The monoisotopic (exact) mass is 213 g/mol. The maximum Gasteiger partial charge on any atom is 0.340 e. The van der Waals surface area contributed by atoms with Gasteiger partial charge in [-0.2, -0.15) is 10.1 Å². The highest BCUT2D eigenvalue weighted by Gasteiger charge is 2.26. The van der Waals surface area contributed by atoms with E-state index in [0.29, 0.717) is 6.67 Å². The van der Waals surface area contributed by atoms with Gasteiger partial charge in [0.05, 0.1) is 0 Å². The zero-order valence-corrected chi connectivity index (χ0v) is 9.96. The standard InChI is InChI=1S/C9H19N5O/c1-7-12-14(6-13(7)10-5)8(15)11-9(2,3)4/h10H,6H2,1-5H3,(H,11,15). The van der Waals surface area contributed by atoms with Gasteiger partial charge >= 0.3 is 6.03 Å². The maximum absolute atomic E-state index is 11.7. The Balaban J connectivity index is 2.58. The molecular weight excluding hydrogens is 194 g/mol. The summed E-state index contributed by atoms with van der Waals surface area (Å²) in [5, 5.41) is 10.2. The van der Waals surface area contributed by atoms with Crippen LogP contribution in [0.25, 0.3) is 0 Å². The number of amides is 2. The highest BCUT2D eigenvalue weighted by atomic mass is 16.2. The summed E-state index contributed by atoms with van der Waals surface area (Å²) in [4.78, 5) is 11.7. The number of hydrogen-bond donors (Lipinski definition) is 2. The van der Waals surface area contributed by atoms with Gasteiger partial charge in [-0.3, -0.25) is 5.01 Å². The molecule has 1 aliphatic heterocycles. The molecule has 6 nitrogen and oxygen atoms in total. The predicted octanol–water partition coefficient (Wildman–Crippen LogP) is 0.537. The third-order valence-corrected chi connectivity index (χ3v) is 1.92. The molecule has 0 unspecified atom stereocenters. The van der Waals surface area contributed by atoms with Gasteiger partial charge in [-0.05, 0) is 27.7 Å². The third kappa shape index (κ3) is 3.09. The molecule has 0 radical (unpaired) electrons. The Bertz CT molecular complexity index is 281. The Labute approximate surface area is 90.3 Å². The van der Waals surface area contributed by atoms with E-state index in [-0.39, 0.29) is 11.6 Å². The molecule has 1 heterocycles. The van der Waals surface area contributed by atoms with Crippen molar-refractivity contribution in [1.82, 2.24) is 20.8 Å². The fourth-order valence-electron chi connectivity index (χ4n) is 1.22. The van der Waals surface area contributed by atoms with Crippen molar-refractivity contribution in [1.29, 1.82) is 0 Å². The number of nitrogens with one attached hydrogen (secondary N) is 2. The quantitative estimate of drug-likeness (QED) is 0.668. The summed E-state index contributed by atoms with van der Waals surface area (Å²) in [6.45, 7) is 8.10. The normalized spacial score (nSPS) is 16.7. The van der Waals surface area contributed by atoms with E-state index in [1.807, 2.05) is 27.7 Å². The molecule has 1 aliphatic rings. The maximum atomic E-state index is 11.7. The molecule has 2 amide bonds. The minimum Gasteiger partial charge on any atom is -0.332 e. The molecule has 0 aromatic rings. The lowest BCUT2D eigenvalue weighted by Crippen LogP contribution is -2.48. The molecular formula is C9H19N5O. The summed E-state index contributed by atoms with van der Waals surface area (Å²) >= 11 is 0. The van der Waals surface area contributed by atoms with Crippen LogP contribution in [0.15, 0.2) is 5.10 Å². The molecule has 0 fully saturated rings. The third-order valence-electron chi connectivity index (χ3n) is 1.92. The van der Waals surface area contributed by atoms with Crippen molar-refractivity contribution in [3.05, 3.63) is 0 Å². The van der Waals surface area contributed by atoms with Crippen molar-refractivity contribution in [3.63, 3.8) is 0 Å². The number of nitrogens with zero attached hydrogens (tertiary/aromatic N) is 3. The first-order chi connectivity index (χ1) is 6.83. The number of hydrazone groups is 1. The van der Waals surface area contributed by atoms with Crippen LogP contribution in [0.3, 0.4) is 0 Å². The Morgan fingerprint density at radius 3 is 2.47 bits per heavy atom. The van der Waals surface area contributed by atoms with Crippen LogP contribution in [0.2, 0.25) is 0 Å². The lowest BCUT2D eigenvalue weighted by molar-refractivity contribution is 0.172. The second-order valence-corrected chi connectivity index (χ2v) is 4.52. The Morgan fingerprint density at radius 2 is 2.07 bits per heavy atom. The molecule has 2 N–H and O–H groups in total. The molecule has 1 rings (SSSR count). The second kappa shape index (κ2) is 4.06. The average molecular weight is 213 g/mol. The second-order valence-electron chi connectivity index (χ2n) is 4.52. The number of rotatable bonds is 1. The zero-order chi connectivity index (χ0) is 11.6. The Hall–Kier alpha value is -1.30. The Morgan fingerprint density at radius 1 is 1.47 bits per heavy atom. The minimum atomic E-state index is -0.242. The molecule has 0 aromatic carbocycles. The van der Waals surface area contributed by atoms with Crippen LogP contribution in [-0.2, 0) is 0 Å². The van der Waals surface area contributed by atoms with E-state index in [1.165, 1.54) is 5.01 Å². The van der Waals surface area contributed by atoms with E-state index in [0.717, 1.165) is 5.84 Å². The molecule has 0 bridgehead atoms. The molecule has 0 saturated carbocycles. The summed E-state index contributed by atoms with van der Waals surface area (Å²) in [6.07, 6.45) is 0. The molecule has 0 aliphatic carbocycles. The number of amidine groups is 1. The predicted molar refractivity (Wildman–Crippen MR) is 59.0 cm³/mol. The molecule has 0 saturated heterocycles. The van der Waals surface area contributed by atoms with Gasteiger partial charge in [-0.15, -0.1) is 0 Å². The minimum absolute atomic E-state index is 0.181. The summed E-state index contributed by atoms with van der Waals surface area (Å²) in [6, 6.07) is -0.181. The van der Waals surface area contributed by atoms with Crippen molar-refractivity contribution in [2.45, 2.75) is 33.2 Å². The zero-order valence-electron chi connectivity index (χ0n) is 9.96. The van der Waals surface area contributed by atoms with Crippen LogP contribution in [0.5, 0.6) is 0 Å². The fourth-order valence-corrected chi connectivity index (χ4v) is 1.22. The van der Waals surface area contributed by atoms with Crippen LogP contribution < -0.4 is 10.7 Å². The van der Waals surface area contributed by atoms with E-state index >= 15 is 0 Å². The van der Waals surface area contributed by atoms with Crippen LogP contribution in [0.1, 0.15) is 27.7 Å². The lowest BCUT2D eigenvalue weighted by Gasteiger charge is -2.24. The average Bonchev–Trinajstić information content (AvgIpc) is 2.43. The first kappa shape index (κ1) is 11.8. The number of carbonyl (C=O) groups is 1. The molecule has 0 spiro atoms. The smallest absolute Gasteiger partial charge is 0.332 e. The number of hydrazine groups is 1. The van der Waals surface area contributed by atoms with Gasteiger partial charge in [0.25, 0.3) is 0 Å². The lowest BCUT2D eigenvalue weighted by atomic mass is 10.1. The van der Waals surface area contributed by atoms with Gasteiger partial charge < -0.3 is 5.32 Å². The Kier molecular flexibility index (Phi) is 3.18. The van der Waals surface area contributed by atoms with Gasteiger partial charge in [0.15, 0.2) is 0 Å². The van der Waals surface area contributed by atoms with Crippen LogP contribution in [-0.4, -0.2) is 41.1 Å². The highest BCUT2D eigenvalue weighted by molar-refractivity contribution is 5.84. The van der Waals surface area contributed by atoms with Crippen molar-refractivity contribution >= 4 is 11.9 Å². The number of carbonyl (C=O) groups excluding carboxylic acids is 1. The van der Waals surface area contributed by atoms with Crippen molar-refractivity contribution in [2.24, 2.45) is 5.10 Å². The van der Waals surface area contributed by atoms with E-state index in [4.69, 9.17) is 0 Å². The summed E-state index contributed by atoms with van der Waals surface area (Å²) in [5.41, 5.74) is 2.70. The molecule has 15 heavy (non-hydrogen) atoms. The van der Waals surface area contributed by atoms with E-state index in [1.54, 1.807) is 12.1 Å². The fraction of sp³-hybridized carbons (Fsp3) is 0.778. The SMILES string of the molecule is CNN1CN(C(=O)NC(C)(C)C)N=C1C.